The number of aromatic nitrogens is 2. The molecule has 3 nitrogen and oxygen atoms in total. The van der Waals surface area contributed by atoms with Gasteiger partial charge in [-0.3, -0.25) is 0 Å². The topological polar surface area (TPSA) is 41.6 Å². The Morgan fingerprint density at radius 3 is 2.03 bits per heavy atom. The normalized spacial score (nSPS) is 9.39. The Kier molecular flexibility index (Phi) is 25.1. The summed E-state index contributed by atoms with van der Waals surface area (Å²) in [5.74, 6) is 2.41. The first-order valence-electron chi connectivity index (χ1n) is 13.5. The lowest BCUT2D eigenvalue weighted by Gasteiger charge is -2.03. The van der Waals surface area contributed by atoms with Gasteiger partial charge in [0.1, 0.15) is 0 Å². The van der Waals surface area contributed by atoms with Crippen LogP contribution in [0.2, 0.25) is 10.0 Å². The van der Waals surface area contributed by atoms with Gasteiger partial charge < -0.3 is 4.57 Å². The van der Waals surface area contributed by atoms with E-state index in [1.165, 1.54) is 18.5 Å². The van der Waals surface area contributed by atoms with Gasteiger partial charge in [-0.05, 0) is 48.6 Å². The van der Waals surface area contributed by atoms with Gasteiger partial charge in [-0.25, -0.2) is 4.98 Å². The van der Waals surface area contributed by atoms with Crippen LogP contribution in [0.4, 0.5) is 0 Å². The maximum Gasteiger partial charge on any atom is 0.0953 e. The first-order valence-corrected chi connectivity index (χ1v) is 14.3. The van der Waals surface area contributed by atoms with Crippen molar-refractivity contribution < 1.29 is 0 Å². The largest absolute Gasteiger partial charge is 0.335 e. The molecule has 0 unspecified atom stereocenters. The van der Waals surface area contributed by atoms with Crippen molar-refractivity contribution in [1.29, 1.82) is 5.26 Å². The summed E-state index contributed by atoms with van der Waals surface area (Å²) in [5, 5.41) is 9.70. The Morgan fingerprint density at radius 1 is 0.947 bits per heavy atom. The quantitative estimate of drug-likeness (QED) is 0.215. The molecule has 0 fully saturated rings. The fraction of sp³-hybridized carbons (Fsp3) is 0.394. The van der Waals surface area contributed by atoms with Crippen LogP contribution < -0.4 is 0 Å². The van der Waals surface area contributed by atoms with Crippen LogP contribution in [-0.4, -0.2) is 9.55 Å². The van der Waals surface area contributed by atoms with Crippen molar-refractivity contribution in [2.24, 2.45) is 0 Å². The number of rotatable bonds is 7. The van der Waals surface area contributed by atoms with Gasteiger partial charge in [-0.15, -0.1) is 12.3 Å². The van der Waals surface area contributed by atoms with Gasteiger partial charge in [0.05, 0.1) is 12.4 Å². The fourth-order valence-corrected chi connectivity index (χ4v) is 3.65. The second kappa shape index (κ2) is 25.7. The Morgan fingerprint density at radius 2 is 1.55 bits per heavy atom. The minimum Gasteiger partial charge on any atom is -0.335 e. The first kappa shape index (κ1) is 37.2. The van der Waals surface area contributed by atoms with E-state index in [4.69, 9.17) is 34.9 Å². The lowest BCUT2D eigenvalue weighted by molar-refractivity contribution is 0.640. The molecule has 1 aromatic heterocycles. The fourth-order valence-electron chi connectivity index (χ4n) is 3.12. The predicted molar refractivity (Wildman–Crippen MR) is 169 cm³/mol. The molecule has 3 rings (SSSR count). The molecule has 0 saturated carbocycles. The van der Waals surface area contributed by atoms with Crippen LogP contribution in [0.3, 0.4) is 0 Å². The first-order chi connectivity index (χ1) is 18.5. The minimum atomic E-state index is 0.463. The van der Waals surface area contributed by atoms with Crippen LogP contribution in [0.15, 0.2) is 72.7 Å². The molecule has 0 spiro atoms. The van der Waals surface area contributed by atoms with Gasteiger partial charge >= 0.3 is 0 Å². The zero-order valence-electron chi connectivity index (χ0n) is 24.3. The lowest BCUT2D eigenvalue weighted by atomic mass is 10.1. The second-order valence-corrected chi connectivity index (χ2v) is 8.36. The number of hydrogen-bond donors (Lipinski definition) is 0. The number of aryl methyl sites for hydroxylation is 2. The van der Waals surface area contributed by atoms with Crippen molar-refractivity contribution in [2.75, 3.05) is 0 Å². The number of halogens is 2. The summed E-state index contributed by atoms with van der Waals surface area (Å²) in [6.07, 6.45) is 15.6. The molecular formula is C33H45Cl2N3. The van der Waals surface area contributed by atoms with Crippen molar-refractivity contribution in [3.63, 3.8) is 0 Å². The summed E-state index contributed by atoms with van der Waals surface area (Å²) < 4.78 is 2.24. The van der Waals surface area contributed by atoms with Gasteiger partial charge in [-0.1, -0.05) is 114 Å². The third-order valence-electron chi connectivity index (χ3n) is 4.63. The summed E-state index contributed by atoms with van der Waals surface area (Å²) in [6.45, 7) is 15.5. The molecule has 0 bridgehead atoms. The Balaban J connectivity index is 0. The molecule has 206 valence electrons. The molecule has 1 heterocycles. The van der Waals surface area contributed by atoms with E-state index in [0.29, 0.717) is 22.0 Å². The van der Waals surface area contributed by atoms with E-state index < -0.39 is 0 Å². The van der Waals surface area contributed by atoms with Crippen LogP contribution in [0.1, 0.15) is 79.8 Å². The van der Waals surface area contributed by atoms with Gasteiger partial charge in [-0.2, -0.15) is 5.26 Å². The van der Waals surface area contributed by atoms with E-state index in [0.717, 1.165) is 30.5 Å². The van der Waals surface area contributed by atoms with E-state index in [2.05, 4.69) is 29.3 Å². The highest BCUT2D eigenvalue weighted by atomic mass is 35.5. The molecule has 3 aromatic rings. The third-order valence-corrected chi connectivity index (χ3v) is 5.06. The summed E-state index contributed by atoms with van der Waals surface area (Å²) in [5.41, 5.74) is 4.23. The summed E-state index contributed by atoms with van der Waals surface area (Å²) in [6, 6.07) is 17.6. The van der Waals surface area contributed by atoms with Crippen LogP contribution in [0.5, 0.6) is 0 Å². The van der Waals surface area contributed by atoms with Crippen LogP contribution >= 0.6 is 23.2 Å². The smallest absolute Gasteiger partial charge is 0.0953 e. The summed E-state index contributed by atoms with van der Waals surface area (Å²) >= 11 is 11.8. The highest BCUT2D eigenvalue weighted by Gasteiger charge is 2.00. The molecule has 0 atom stereocenters. The summed E-state index contributed by atoms with van der Waals surface area (Å²) in [4.78, 5) is 4.12. The Bertz CT molecular complexity index is 1050. The number of nitriles is 1. The van der Waals surface area contributed by atoms with Crippen LogP contribution in [-0.2, 0) is 13.0 Å². The van der Waals surface area contributed by atoms with Gasteiger partial charge in [0.25, 0.3) is 0 Å². The van der Waals surface area contributed by atoms with E-state index in [1.807, 2.05) is 102 Å². The van der Waals surface area contributed by atoms with Gasteiger partial charge in [0, 0.05) is 40.5 Å². The molecule has 38 heavy (non-hydrogen) atoms. The van der Waals surface area contributed by atoms with Crippen molar-refractivity contribution in [1.82, 2.24) is 9.55 Å². The minimum absolute atomic E-state index is 0.463. The molecule has 2 aromatic carbocycles. The highest BCUT2D eigenvalue weighted by Crippen LogP contribution is 2.26. The zero-order chi connectivity index (χ0) is 29.2. The van der Waals surface area contributed by atoms with E-state index in [1.54, 1.807) is 6.07 Å². The SMILES string of the molecule is C#CC/C(C#N)=C\CC.CC.CC.CCCc1cncn1CCC.Clc1cc(Cl)cc(-c2ccccc2)c1. The van der Waals surface area contributed by atoms with Crippen LogP contribution in [0.25, 0.3) is 11.1 Å². The molecule has 0 aliphatic heterocycles. The van der Waals surface area contributed by atoms with E-state index in [9.17, 15) is 0 Å². The highest BCUT2D eigenvalue weighted by molar-refractivity contribution is 6.35. The maximum atomic E-state index is 8.37. The Labute approximate surface area is 242 Å². The molecule has 0 aliphatic carbocycles. The number of imidazole rings is 1. The number of nitrogens with zero attached hydrogens (tertiary/aromatic N) is 3. The molecule has 5 heteroatoms. The van der Waals surface area contributed by atoms with Crippen molar-refractivity contribution in [3.05, 3.63) is 88.4 Å². The molecule has 0 N–H and O–H groups in total. The maximum absolute atomic E-state index is 8.37. The van der Waals surface area contributed by atoms with Crippen molar-refractivity contribution >= 4 is 23.2 Å². The predicted octanol–water partition coefficient (Wildman–Crippen LogP) is 10.8. The van der Waals surface area contributed by atoms with E-state index in [-0.39, 0.29) is 0 Å². The van der Waals surface area contributed by atoms with Crippen molar-refractivity contribution in [2.45, 2.75) is 87.1 Å². The Hall–Kier alpha value is -2.98. The third kappa shape index (κ3) is 16.7. The number of hydrogen-bond acceptors (Lipinski definition) is 2. The van der Waals surface area contributed by atoms with Gasteiger partial charge in [0.2, 0.25) is 0 Å². The standard InChI is InChI=1S/C12H8Cl2.C9H16N2.C8H9N.2C2H6/c13-11-6-10(7-12(14)8-11)9-4-2-1-3-5-9;1-3-5-9-7-10-8-11(9)6-4-2;1-3-5-8(7-9)6-4-2;2*1-2/h1-8H;7-8H,3-6H2,1-2H3;1,6H,4-5H2,2H3;2*1-2H3/b;;8-6+;;. The zero-order valence-corrected chi connectivity index (χ0v) is 25.8. The number of terminal acetylenes is 1. The molecule has 0 saturated heterocycles. The average molecular weight is 555 g/mol. The van der Waals surface area contributed by atoms with Gasteiger partial charge in [0.15, 0.2) is 0 Å². The molecular weight excluding hydrogens is 509 g/mol. The monoisotopic (exact) mass is 553 g/mol. The van der Waals surface area contributed by atoms with Crippen LogP contribution in [0, 0.1) is 23.7 Å². The molecule has 0 radical (unpaired) electrons. The van der Waals surface area contributed by atoms with E-state index >= 15 is 0 Å². The summed E-state index contributed by atoms with van der Waals surface area (Å²) in [7, 11) is 0. The molecule has 0 aliphatic rings. The average Bonchev–Trinajstić information content (AvgIpc) is 3.38. The lowest BCUT2D eigenvalue weighted by Crippen LogP contribution is -2.00. The number of benzene rings is 2. The number of allylic oxidation sites excluding steroid dienone is 2. The second-order valence-electron chi connectivity index (χ2n) is 7.48. The van der Waals surface area contributed by atoms with Crippen molar-refractivity contribution in [3.8, 4) is 29.5 Å². The molecule has 0 amide bonds.